The van der Waals surface area contributed by atoms with Crippen LogP contribution in [0.5, 0.6) is 5.75 Å². The number of nitriles is 1. The van der Waals surface area contributed by atoms with Crippen LogP contribution >= 0.6 is 0 Å². The van der Waals surface area contributed by atoms with Gasteiger partial charge in [-0.25, -0.2) is 4.39 Å². The van der Waals surface area contributed by atoms with Crippen molar-refractivity contribution in [3.05, 3.63) is 29.6 Å². The summed E-state index contributed by atoms with van der Waals surface area (Å²) in [4.78, 5) is 13.7. The van der Waals surface area contributed by atoms with Crippen LogP contribution in [0, 0.1) is 23.1 Å². The van der Waals surface area contributed by atoms with Gasteiger partial charge in [-0.2, -0.15) is 5.26 Å². The third kappa shape index (κ3) is 2.43. The Morgan fingerprint density at radius 3 is 3.00 bits per heavy atom. The minimum atomic E-state index is -0.586. The normalized spacial score (nSPS) is 19.3. The Morgan fingerprint density at radius 1 is 1.56 bits per heavy atom. The summed E-state index contributed by atoms with van der Waals surface area (Å²) in [6.07, 6.45) is 1.56. The van der Waals surface area contributed by atoms with Gasteiger partial charge in [0.2, 0.25) is 0 Å². The highest BCUT2D eigenvalue weighted by molar-refractivity contribution is 5.96. The lowest BCUT2D eigenvalue weighted by Crippen LogP contribution is -2.39. The fraction of sp³-hybridized carbons (Fsp3) is 0.385. The van der Waals surface area contributed by atoms with E-state index in [0.717, 1.165) is 25.0 Å². The van der Waals surface area contributed by atoms with Gasteiger partial charge in [-0.1, -0.05) is 0 Å². The maximum Gasteiger partial charge on any atom is 0.257 e. The summed E-state index contributed by atoms with van der Waals surface area (Å²) < 4.78 is 12.8. The molecule has 0 spiro atoms. The number of carbonyl (C=O) groups is 1. The number of halogens is 1. The lowest BCUT2D eigenvalue weighted by molar-refractivity contribution is 0.0695. The fourth-order valence-corrected chi connectivity index (χ4v) is 2.12. The number of likely N-dealkylation sites (tertiary alicyclic amines) is 1. The van der Waals surface area contributed by atoms with E-state index in [1.54, 1.807) is 0 Å². The van der Waals surface area contributed by atoms with Crippen molar-refractivity contribution in [3.63, 3.8) is 0 Å². The van der Waals surface area contributed by atoms with Gasteiger partial charge in [-0.3, -0.25) is 4.79 Å². The Bertz CT molecular complexity index is 510. The van der Waals surface area contributed by atoms with Crippen molar-refractivity contribution in [1.82, 2.24) is 4.90 Å². The second-order valence-corrected chi connectivity index (χ2v) is 4.38. The first kappa shape index (κ1) is 12.4. The van der Waals surface area contributed by atoms with E-state index in [2.05, 4.69) is 6.07 Å². The quantitative estimate of drug-likeness (QED) is 0.825. The molecule has 1 heterocycles. The van der Waals surface area contributed by atoms with Gasteiger partial charge in [0.15, 0.2) is 0 Å². The van der Waals surface area contributed by atoms with Crippen LogP contribution in [0.15, 0.2) is 18.2 Å². The second-order valence-electron chi connectivity index (χ2n) is 4.38. The predicted octanol–water partition coefficient (Wildman–Crippen LogP) is 1.91. The molecule has 4 nitrogen and oxygen atoms in total. The Hall–Kier alpha value is -2.09. The summed E-state index contributed by atoms with van der Waals surface area (Å²) in [5.74, 6) is -1.46. The molecule has 18 heavy (non-hydrogen) atoms. The van der Waals surface area contributed by atoms with Crippen LogP contribution in [0.3, 0.4) is 0 Å². The second kappa shape index (κ2) is 5.05. The molecule has 5 heteroatoms. The largest absolute Gasteiger partial charge is 0.507 e. The molecule has 1 unspecified atom stereocenters. The number of amides is 1. The van der Waals surface area contributed by atoms with Crippen molar-refractivity contribution in [2.75, 3.05) is 13.1 Å². The predicted molar refractivity (Wildman–Crippen MR) is 62.3 cm³/mol. The monoisotopic (exact) mass is 248 g/mol. The topological polar surface area (TPSA) is 64.3 Å². The van der Waals surface area contributed by atoms with Crippen molar-refractivity contribution >= 4 is 5.91 Å². The molecule has 1 aromatic carbocycles. The molecule has 0 aromatic heterocycles. The number of phenolic OH excluding ortho intramolecular Hbond substituents is 1. The Kier molecular flexibility index (Phi) is 3.47. The molecule has 1 aromatic rings. The Balaban J connectivity index is 2.18. The van der Waals surface area contributed by atoms with Gasteiger partial charge in [-0.05, 0) is 25.0 Å². The van der Waals surface area contributed by atoms with E-state index in [0.29, 0.717) is 13.1 Å². The van der Waals surface area contributed by atoms with Crippen LogP contribution in [-0.2, 0) is 0 Å². The fourth-order valence-electron chi connectivity index (χ4n) is 2.12. The van der Waals surface area contributed by atoms with E-state index in [4.69, 9.17) is 5.26 Å². The summed E-state index contributed by atoms with van der Waals surface area (Å²) >= 11 is 0. The maximum absolute atomic E-state index is 12.8. The average molecular weight is 248 g/mol. The maximum atomic E-state index is 12.8. The number of hydrogen-bond acceptors (Lipinski definition) is 3. The summed E-state index contributed by atoms with van der Waals surface area (Å²) in [7, 11) is 0. The number of piperidine rings is 1. The van der Waals surface area contributed by atoms with Crippen LogP contribution in [0.1, 0.15) is 23.2 Å². The molecule has 1 atom stereocenters. The van der Waals surface area contributed by atoms with Crippen LogP contribution < -0.4 is 0 Å². The zero-order valence-electron chi connectivity index (χ0n) is 9.77. The molecule has 2 rings (SSSR count). The average Bonchev–Trinajstić information content (AvgIpc) is 2.38. The summed E-state index contributed by atoms with van der Waals surface area (Å²) in [6.45, 7) is 0.931. The molecule has 1 N–H and O–H groups in total. The highest BCUT2D eigenvalue weighted by Gasteiger charge is 2.25. The van der Waals surface area contributed by atoms with Gasteiger partial charge in [0.05, 0.1) is 17.6 Å². The van der Waals surface area contributed by atoms with Crippen LogP contribution in [0.2, 0.25) is 0 Å². The van der Waals surface area contributed by atoms with E-state index in [-0.39, 0.29) is 23.1 Å². The van der Waals surface area contributed by atoms with Crippen molar-refractivity contribution in [1.29, 1.82) is 5.26 Å². The number of aromatic hydroxyl groups is 1. The smallest absolute Gasteiger partial charge is 0.257 e. The molecule has 0 aliphatic carbocycles. The molecule has 94 valence electrons. The number of hydrogen-bond donors (Lipinski definition) is 1. The lowest BCUT2D eigenvalue weighted by atomic mass is 9.99. The zero-order valence-corrected chi connectivity index (χ0v) is 9.77. The van der Waals surface area contributed by atoms with Gasteiger partial charge < -0.3 is 10.0 Å². The van der Waals surface area contributed by atoms with Crippen molar-refractivity contribution in [3.8, 4) is 11.8 Å². The molecule has 0 saturated carbocycles. The molecule has 1 aliphatic heterocycles. The number of nitrogens with zero attached hydrogens (tertiary/aromatic N) is 2. The Morgan fingerprint density at radius 2 is 2.33 bits per heavy atom. The van der Waals surface area contributed by atoms with E-state index in [1.165, 1.54) is 11.0 Å². The van der Waals surface area contributed by atoms with E-state index < -0.39 is 5.82 Å². The summed E-state index contributed by atoms with van der Waals surface area (Å²) in [5, 5.41) is 18.4. The van der Waals surface area contributed by atoms with E-state index in [1.807, 2.05) is 0 Å². The minimum absolute atomic E-state index is 0.0787. The third-order valence-corrected chi connectivity index (χ3v) is 3.08. The molecule has 1 amide bonds. The van der Waals surface area contributed by atoms with Gasteiger partial charge in [0.1, 0.15) is 11.6 Å². The van der Waals surface area contributed by atoms with Crippen molar-refractivity contribution in [2.24, 2.45) is 5.92 Å². The van der Waals surface area contributed by atoms with Gasteiger partial charge in [0.25, 0.3) is 5.91 Å². The SMILES string of the molecule is N#CC1CCCN(C(=O)c2ccc(F)cc2O)C1. The number of rotatable bonds is 1. The molecule has 0 radical (unpaired) electrons. The molecular weight excluding hydrogens is 235 g/mol. The first-order chi connectivity index (χ1) is 8.61. The van der Waals surface area contributed by atoms with Crippen molar-refractivity contribution in [2.45, 2.75) is 12.8 Å². The number of phenols is 1. The van der Waals surface area contributed by atoms with E-state index in [9.17, 15) is 14.3 Å². The minimum Gasteiger partial charge on any atom is -0.507 e. The molecule has 0 bridgehead atoms. The van der Waals surface area contributed by atoms with Crippen molar-refractivity contribution < 1.29 is 14.3 Å². The van der Waals surface area contributed by atoms with E-state index >= 15 is 0 Å². The molecule has 1 aliphatic rings. The lowest BCUT2D eigenvalue weighted by Gasteiger charge is -2.29. The molecule has 1 fully saturated rings. The first-order valence-electron chi connectivity index (χ1n) is 5.79. The van der Waals surface area contributed by atoms with Crippen LogP contribution in [0.4, 0.5) is 4.39 Å². The van der Waals surface area contributed by atoms with Gasteiger partial charge >= 0.3 is 0 Å². The van der Waals surface area contributed by atoms with Crippen LogP contribution in [-0.4, -0.2) is 29.0 Å². The van der Waals surface area contributed by atoms with Gasteiger partial charge in [0, 0.05) is 19.2 Å². The zero-order chi connectivity index (χ0) is 13.1. The Labute approximate surface area is 104 Å². The molecular formula is C13H13FN2O2. The highest BCUT2D eigenvalue weighted by atomic mass is 19.1. The highest BCUT2D eigenvalue weighted by Crippen LogP contribution is 2.23. The molecule has 1 saturated heterocycles. The number of carbonyl (C=O) groups excluding carboxylic acids is 1. The third-order valence-electron chi connectivity index (χ3n) is 3.08. The summed E-state index contributed by atoms with van der Waals surface area (Å²) in [5.41, 5.74) is 0.0787. The number of benzene rings is 1. The summed E-state index contributed by atoms with van der Waals surface area (Å²) in [6, 6.07) is 5.47. The first-order valence-corrected chi connectivity index (χ1v) is 5.79. The van der Waals surface area contributed by atoms with Gasteiger partial charge in [-0.15, -0.1) is 0 Å². The standard InChI is InChI=1S/C13H13FN2O2/c14-10-3-4-11(12(17)6-10)13(18)16-5-1-2-9(7-15)8-16/h3-4,6,9,17H,1-2,5,8H2. The van der Waals surface area contributed by atoms with Crippen LogP contribution in [0.25, 0.3) is 0 Å².